The van der Waals surface area contributed by atoms with Crippen molar-refractivity contribution >= 4 is 17.3 Å². The maximum Gasteiger partial charge on any atom is 0.428 e. The summed E-state index contributed by atoms with van der Waals surface area (Å²) in [4.78, 5) is 4.62. The number of halogens is 10. The third kappa shape index (κ3) is 4.33. The molecular weight excluding hydrogens is 465 g/mol. The van der Waals surface area contributed by atoms with Gasteiger partial charge in [0.05, 0.1) is 16.8 Å². The number of nitrogens with one attached hydrogen (secondary N) is 1. The van der Waals surface area contributed by atoms with Crippen molar-refractivity contribution in [2.75, 3.05) is 0 Å². The van der Waals surface area contributed by atoms with E-state index in [9.17, 15) is 39.5 Å². The molecule has 12 heteroatoms. The Morgan fingerprint density at radius 1 is 0.839 bits per heavy atom. The summed E-state index contributed by atoms with van der Waals surface area (Å²) in [5, 5.41) is 0.183. The van der Waals surface area contributed by atoms with Crippen molar-refractivity contribution < 1.29 is 44.4 Å². The Bertz CT molecular complexity index is 1010. The maximum atomic E-state index is 14.0. The summed E-state index contributed by atoms with van der Waals surface area (Å²) in [5.74, 6) is 0. The Morgan fingerprint density at radius 2 is 1.39 bits per heavy atom. The molecule has 0 saturated heterocycles. The van der Waals surface area contributed by atoms with Crippen LogP contribution in [0.1, 0.15) is 27.8 Å². The molecule has 1 unspecified atom stereocenters. The van der Waals surface area contributed by atoms with Crippen LogP contribution in [0.2, 0.25) is 5.02 Å². The van der Waals surface area contributed by atoms with E-state index in [0.717, 1.165) is 0 Å². The van der Waals surface area contributed by atoms with E-state index >= 15 is 0 Å². The van der Waals surface area contributed by atoms with Gasteiger partial charge < -0.3 is 0 Å². The van der Waals surface area contributed by atoms with Crippen LogP contribution in [0.5, 0.6) is 0 Å². The Morgan fingerprint density at radius 3 is 1.84 bits per heavy atom. The zero-order chi connectivity index (χ0) is 23.4. The lowest BCUT2D eigenvalue weighted by atomic mass is 9.88. The van der Waals surface area contributed by atoms with E-state index in [2.05, 4.69) is 4.84 Å². The molecule has 1 atom stereocenters. The van der Waals surface area contributed by atoms with Crippen LogP contribution in [0.25, 0.3) is 5.70 Å². The van der Waals surface area contributed by atoms with E-state index < -0.39 is 40.8 Å². The van der Waals surface area contributed by atoms with Gasteiger partial charge in [-0.2, -0.15) is 39.5 Å². The summed E-state index contributed by atoms with van der Waals surface area (Å²) in [6, 6.07) is 3.81. The van der Waals surface area contributed by atoms with Gasteiger partial charge in [-0.3, -0.25) is 10.3 Å². The van der Waals surface area contributed by atoms with E-state index in [-0.39, 0.29) is 34.5 Å². The highest BCUT2D eigenvalue weighted by atomic mass is 35.5. The van der Waals surface area contributed by atoms with Crippen molar-refractivity contribution in [2.45, 2.75) is 31.1 Å². The molecule has 3 rings (SSSR count). The molecule has 31 heavy (non-hydrogen) atoms. The Balaban J connectivity index is 2.25. The number of aryl methyl sites for hydroxylation is 1. The van der Waals surface area contributed by atoms with Gasteiger partial charge in [0.2, 0.25) is 5.60 Å². The molecule has 0 amide bonds. The van der Waals surface area contributed by atoms with Crippen LogP contribution >= 0.6 is 11.6 Å². The van der Waals surface area contributed by atoms with Crippen molar-refractivity contribution in [2.24, 2.45) is 0 Å². The minimum atomic E-state index is -5.41. The van der Waals surface area contributed by atoms with Crippen LogP contribution in [0.3, 0.4) is 0 Å². The average molecular weight is 476 g/mol. The van der Waals surface area contributed by atoms with E-state index in [4.69, 9.17) is 11.6 Å². The first kappa shape index (κ1) is 23.3. The fourth-order valence-corrected chi connectivity index (χ4v) is 3.10. The Kier molecular flexibility index (Phi) is 5.50. The van der Waals surface area contributed by atoms with Crippen molar-refractivity contribution in [3.63, 3.8) is 0 Å². The van der Waals surface area contributed by atoms with Gasteiger partial charge in [0.25, 0.3) is 0 Å². The van der Waals surface area contributed by atoms with Gasteiger partial charge in [0, 0.05) is 16.1 Å². The van der Waals surface area contributed by atoms with Crippen LogP contribution in [0.15, 0.2) is 42.5 Å². The topological polar surface area (TPSA) is 21.3 Å². The molecule has 2 aromatic carbocycles. The molecule has 1 aliphatic rings. The van der Waals surface area contributed by atoms with Crippen LogP contribution in [0.4, 0.5) is 39.5 Å². The van der Waals surface area contributed by atoms with Gasteiger partial charge in [-0.05, 0) is 42.8 Å². The molecule has 2 nitrogen and oxygen atoms in total. The molecule has 0 aliphatic carbocycles. The first-order chi connectivity index (χ1) is 14.0. The standard InChI is InChI=1S/C19H11ClF9NO/c1-9-2-3-10(4-14(9)20)15-8-16(31-30-15,19(27,28)29)11-5-12(17(21,22)23)7-13(6-11)18(24,25)26/h2-8,30H,1H3. The summed E-state index contributed by atoms with van der Waals surface area (Å²) in [6.45, 7) is 1.63. The van der Waals surface area contributed by atoms with Crippen LogP contribution in [-0.2, 0) is 22.8 Å². The monoisotopic (exact) mass is 475 g/mol. The van der Waals surface area contributed by atoms with Gasteiger partial charge in [-0.15, -0.1) is 0 Å². The van der Waals surface area contributed by atoms with Crippen molar-refractivity contribution in [3.05, 3.63) is 75.3 Å². The molecule has 0 saturated carbocycles. The van der Waals surface area contributed by atoms with Gasteiger partial charge in [-0.1, -0.05) is 23.7 Å². The lowest BCUT2D eigenvalue weighted by molar-refractivity contribution is -0.269. The largest absolute Gasteiger partial charge is 0.428 e. The van der Waals surface area contributed by atoms with E-state index in [1.54, 1.807) is 6.92 Å². The lowest BCUT2D eigenvalue weighted by Gasteiger charge is -2.29. The SMILES string of the molecule is Cc1ccc(C2=CC(c3cc(C(F)(F)F)cc(C(F)(F)F)c3)(C(F)(F)F)ON2)cc1Cl. The third-order valence-corrected chi connectivity index (χ3v) is 5.00. The van der Waals surface area contributed by atoms with Gasteiger partial charge in [0.1, 0.15) is 0 Å². The summed E-state index contributed by atoms with van der Waals surface area (Å²) >= 11 is 5.94. The fraction of sp³-hybridized carbons (Fsp3) is 0.263. The van der Waals surface area contributed by atoms with Crippen molar-refractivity contribution in [1.29, 1.82) is 0 Å². The number of hydrogen-bond donors (Lipinski definition) is 1. The second-order valence-corrected chi connectivity index (χ2v) is 7.16. The second kappa shape index (κ2) is 7.33. The first-order valence-electron chi connectivity index (χ1n) is 8.35. The fourth-order valence-electron chi connectivity index (χ4n) is 2.92. The second-order valence-electron chi connectivity index (χ2n) is 6.75. The summed E-state index contributed by atoms with van der Waals surface area (Å²) in [6.07, 6.45) is -15.7. The number of benzene rings is 2. The average Bonchev–Trinajstić information content (AvgIpc) is 3.09. The first-order valence-corrected chi connectivity index (χ1v) is 8.72. The van der Waals surface area contributed by atoms with Crippen LogP contribution < -0.4 is 5.48 Å². The quantitative estimate of drug-likeness (QED) is 0.471. The predicted octanol–water partition coefficient (Wildman–Crippen LogP) is 7.02. The van der Waals surface area contributed by atoms with E-state index in [1.165, 1.54) is 18.2 Å². The Labute approximate surface area is 174 Å². The minimum absolute atomic E-state index is 0.0219. The van der Waals surface area contributed by atoms with Crippen LogP contribution in [-0.4, -0.2) is 6.18 Å². The summed E-state index contributed by atoms with van der Waals surface area (Å²) in [5.41, 5.74) is -6.49. The predicted molar refractivity (Wildman–Crippen MR) is 92.6 cm³/mol. The number of hydroxylamine groups is 1. The van der Waals surface area contributed by atoms with E-state index in [1.807, 2.05) is 5.48 Å². The molecule has 0 radical (unpaired) electrons. The number of hydrogen-bond acceptors (Lipinski definition) is 2. The molecule has 1 aliphatic heterocycles. The van der Waals surface area contributed by atoms with Gasteiger partial charge >= 0.3 is 18.5 Å². The molecule has 0 bridgehead atoms. The molecule has 0 aromatic heterocycles. The normalized spacial score (nSPS) is 19.9. The van der Waals surface area contributed by atoms with Crippen molar-refractivity contribution in [1.82, 2.24) is 5.48 Å². The third-order valence-electron chi connectivity index (χ3n) is 4.59. The zero-order valence-electron chi connectivity index (χ0n) is 15.2. The molecule has 1 N–H and O–H groups in total. The maximum absolute atomic E-state index is 14.0. The van der Waals surface area contributed by atoms with E-state index in [0.29, 0.717) is 11.6 Å². The Hall–Kier alpha value is -2.40. The molecule has 0 fully saturated rings. The van der Waals surface area contributed by atoms with Gasteiger partial charge in [0.15, 0.2) is 0 Å². The smallest absolute Gasteiger partial charge is 0.265 e. The molecule has 168 valence electrons. The molecular formula is C19H11ClF9NO. The molecule has 2 aromatic rings. The summed E-state index contributed by atoms with van der Waals surface area (Å²) < 4.78 is 121. The highest BCUT2D eigenvalue weighted by molar-refractivity contribution is 6.31. The van der Waals surface area contributed by atoms with Gasteiger partial charge in [-0.25, -0.2) is 0 Å². The molecule has 1 heterocycles. The zero-order valence-corrected chi connectivity index (χ0v) is 16.0. The highest BCUT2D eigenvalue weighted by Gasteiger charge is 2.60. The molecule has 0 spiro atoms. The number of alkyl halides is 9. The van der Waals surface area contributed by atoms with Crippen molar-refractivity contribution in [3.8, 4) is 0 Å². The minimum Gasteiger partial charge on any atom is -0.265 e. The highest BCUT2D eigenvalue weighted by Crippen LogP contribution is 2.49. The van der Waals surface area contributed by atoms with Crippen LogP contribution in [0, 0.1) is 6.92 Å². The summed E-state index contributed by atoms with van der Waals surface area (Å²) in [7, 11) is 0. The number of rotatable bonds is 2. The lowest BCUT2D eigenvalue weighted by Crippen LogP contribution is -2.43.